The van der Waals surface area contributed by atoms with Crippen molar-refractivity contribution in [3.8, 4) is 0 Å². The van der Waals surface area contributed by atoms with Gasteiger partial charge in [-0.3, -0.25) is 0 Å². The highest BCUT2D eigenvalue weighted by atomic mass is 35.5. The van der Waals surface area contributed by atoms with E-state index in [-0.39, 0.29) is 0 Å². The zero-order valence-corrected chi connectivity index (χ0v) is 17.0. The van der Waals surface area contributed by atoms with E-state index >= 15 is 0 Å². The highest BCUT2D eigenvalue weighted by Crippen LogP contribution is 2.36. The number of aromatic nitrogens is 1. The van der Waals surface area contributed by atoms with Gasteiger partial charge in [0.15, 0.2) is 5.11 Å². The number of hydrogen-bond donors (Lipinski definition) is 2. The molecule has 5 heteroatoms. The molecule has 0 bridgehead atoms. The third-order valence-electron chi connectivity index (χ3n) is 5.41. The number of nitrogens with zero attached hydrogens (tertiary/aromatic N) is 1. The number of nitrogens with one attached hydrogen (secondary N) is 2. The van der Waals surface area contributed by atoms with Crippen molar-refractivity contribution in [2.75, 3.05) is 13.1 Å². The number of fused-ring (bicyclic) bond motifs is 3. The Hall–Kier alpha value is -2.04. The summed E-state index contributed by atoms with van der Waals surface area (Å²) < 4.78 is 0. The van der Waals surface area contributed by atoms with Gasteiger partial charge in [0.2, 0.25) is 0 Å². The van der Waals surface area contributed by atoms with Crippen LogP contribution >= 0.6 is 23.8 Å². The minimum Gasteiger partial charge on any atom is -0.362 e. The van der Waals surface area contributed by atoms with Crippen LogP contribution in [-0.2, 0) is 12.8 Å². The predicted molar refractivity (Wildman–Crippen MR) is 117 cm³/mol. The molecule has 0 radical (unpaired) electrons. The van der Waals surface area contributed by atoms with Gasteiger partial charge in [-0.25, -0.2) is 0 Å². The number of H-pyrrole nitrogens is 1. The van der Waals surface area contributed by atoms with Crippen LogP contribution in [0.4, 0.5) is 0 Å². The Morgan fingerprint density at radius 2 is 2.00 bits per heavy atom. The summed E-state index contributed by atoms with van der Waals surface area (Å²) in [7, 11) is 0. The topological polar surface area (TPSA) is 31.1 Å². The number of halogens is 1. The lowest BCUT2D eigenvalue weighted by molar-refractivity contribution is 0.284. The van der Waals surface area contributed by atoms with Crippen molar-refractivity contribution >= 4 is 39.8 Å². The maximum Gasteiger partial charge on any atom is 0.169 e. The van der Waals surface area contributed by atoms with Crippen LogP contribution in [0.1, 0.15) is 36.2 Å². The molecular weight excluding hydrogens is 374 g/mol. The van der Waals surface area contributed by atoms with E-state index in [9.17, 15) is 0 Å². The zero-order chi connectivity index (χ0) is 18.8. The van der Waals surface area contributed by atoms with E-state index in [0.717, 1.165) is 42.5 Å². The third-order valence-corrected chi connectivity index (χ3v) is 6.04. The molecule has 1 aliphatic rings. The molecule has 1 aromatic heterocycles. The van der Waals surface area contributed by atoms with Crippen molar-refractivity contribution in [1.29, 1.82) is 0 Å². The normalized spacial score (nSPS) is 16.4. The van der Waals surface area contributed by atoms with Crippen molar-refractivity contribution in [2.24, 2.45) is 0 Å². The Labute approximate surface area is 170 Å². The molecule has 0 saturated heterocycles. The van der Waals surface area contributed by atoms with Crippen molar-refractivity contribution in [3.63, 3.8) is 0 Å². The molecule has 0 spiro atoms. The predicted octanol–water partition coefficient (Wildman–Crippen LogP) is 5.25. The molecule has 27 heavy (non-hydrogen) atoms. The Morgan fingerprint density at radius 1 is 1.22 bits per heavy atom. The molecule has 1 atom stereocenters. The quantitative estimate of drug-likeness (QED) is 0.589. The lowest BCUT2D eigenvalue weighted by Gasteiger charge is -2.37. The second-order valence-corrected chi connectivity index (χ2v) is 7.86. The van der Waals surface area contributed by atoms with Gasteiger partial charge in [0.05, 0.1) is 6.04 Å². The molecule has 2 aromatic carbocycles. The van der Waals surface area contributed by atoms with Crippen molar-refractivity contribution in [3.05, 3.63) is 70.4 Å². The average Bonchev–Trinajstić information content (AvgIpc) is 3.07. The van der Waals surface area contributed by atoms with Gasteiger partial charge < -0.3 is 15.2 Å². The minimum absolute atomic E-state index is 0.302. The van der Waals surface area contributed by atoms with Gasteiger partial charge in [-0.05, 0) is 60.8 Å². The summed E-state index contributed by atoms with van der Waals surface area (Å²) in [5.74, 6) is 0. The van der Waals surface area contributed by atoms with Crippen molar-refractivity contribution in [2.45, 2.75) is 32.2 Å². The molecule has 1 unspecified atom stereocenters. The maximum absolute atomic E-state index is 5.95. The van der Waals surface area contributed by atoms with E-state index in [1.807, 2.05) is 12.1 Å². The fraction of sp³-hybridized carbons (Fsp3) is 0.318. The van der Waals surface area contributed by atoms with Gasteiger partial charge in [-0.2, -0.15) is 0 Å². The average molecular weight is 398 g/mol. The van der Waals surface area contributed by atoms with Crippen molar-refractivity contribution < 1.29 is 0 Å². The second kappa shape index (κ2) is 7.91. The highest BCUT2D eigenvalue weighted by Gasteiger charge is 2.30. The molecule has 2 heterocycles. The Kier molecular flexibility index (Phi) is 5.37. The molecule has 0 amide bonds. The van der Waals surface area contributed by atoms with E-state index in [0.29, 0.717) is 6.04 Å². The van der Waals surface area contributed by atoms with E-state index in [4.69, 9.17) is 23.8 Å². The summed E-state index contributed by atoms with van der Waals surface area (Å²) >= 11 is 11.7. The van der Waals surface area contributed by atoms with Crippen LogP contribution in [-0.4, -0.2) is 28.1 Å². The number of aromatic amines is 1. The molecule has 0 saturated carbocycles. The van der Waals surface area contributed by atoms with E-state index in [1.54, 1.807) is 0 Å². The highest BCUT2D eigenvalue weighted by molar-refractivity contribution is 7.80. The van der Waals surface area contributed by atoms with Gasteiger partial charge in [0.1, 0.15) is 0 Å². The summed E-state index contributed by atoms with van der Waals surface area (Å²) in [5, 5.41) is 6.43. The molecule has 3 aromatic rings. The first-order valence-electron chi connectivity index (χ1n) is 9.55. The molecule has 0 aliphatic carbocycles. The van der Waals surface area contributed by atoms with Crippen LogP contribution in [0.15, 0.2) is 48.5 Å². The second-order valence-electron chi connectivity index (χ2n) is 7.04. The van der Waals surface area contributed by atoms with Gasteiger partial charge in [-0.1, -0.05) is 48.9 Å². The van der Waals surface area contributed by atoms with E-state index < -0.39 is 0 Å². The molecule has 1 aliphatic heterocycles. The summed E-state index contributed by atoms with van der Waals surface area (Å²) in [6, 6.07) is 16.9. The number of thiocarbonyl (C=S) groups is 1. The molecule has 0 fully saturated rings. The fourth-order valence-corrected chi connectivity index (χ4v) is 4.50. The van der Waals surface area contributed by atoms with Gasteiger partial charge in [0, 0.05) is 34.7 Å². The van der Waals surface area contributed by atoms with Gasteiger partial charge in [-0.15, -0.1) is 0 Å². The summed E-state index contributed by atoms with van der Waals surface area (Å²) in [6.45, 7) is 4.02. The lowest BCUT2D eigenvalue weighted by atomic mass is 9.96. The first-order valence-corrected chi connectivity index (χ1v) is 10.3. The zero-order valence-electron chi connectivity index (χ0n) is 15.5. The number of benzene rings is 2. The molecular formula is C22H24ClN3S. The molecule has 3 nitrogen and oxygen atoms in total. The number of rotatable bonds is 4. The van der Waals surface area contributed by atoms with E-state index in [1.165, 1.54) is 27.7 Å². The first kappa shape index (κ1) is 18.3. The third kappa shape index (κ3) is 3.69. The van der Waals surface area contributed by atoms with E-state index in [2.05, 4.69) is 58.5 Å². The first-order chi connectivity index (χ1) is 13.2. The Morgan fingerprint density at radius 3 is 2.78 bits per heavy atom. The summed E-state index contributed by atoms with van der Waals surface area (Å²) in [6.07, 6.45) is 2.98. The molecule has 2 N–H and O–H groups in total. The van der Waals surface area contributed by atoms with Gasteiger partial charge in [0.25, 0.3) is 0 Å². The Balaban J connectivity index is 1.45. The van der Waals surface area contributed by atoms with Gasteiger partial charge >= 0.3 is 0 Å². The monoisotopic (exact) mass is 397 g/mol. The molecule has 4 rings (SSSR count). The standard InChI is InChI=1S/C22H24ClN3S/c1-2-20-21-18(17-5-3-4-6-19(17)25-21)12-14-26(20)22(27)24-13-11-15-7-9-16(23)10-8-15/h3-10,20,25H,2,11-14H2,1H3,(H,24,27). The summed E-state index contributed by atoms with van der Waals surface area (Å²) in [4.78, 5) is 5.99. The Bertz CT molecular complexity index is 948. The smallest absolute Gasteiger partial charge is 0.169 e. The van der Waals surface area contributed by atoms with Crippen LogP contribution in [0.25, 0.3) is 10.9 Å². The molecule has 140 valence electrons. The maximum atomic E-state index is 5.95. The SMILES string of the molecule is CCC1c2[nH]c3ccccc3c2CCN1C(=S)NCCc1ccc(Cl)cc1. The number of hydrogen-bond acceptors (Lipinski definition) is 1. The van der Waals surface area contributed by atoms with Crippen LogP contribution in [0, 0.1) is 0 Å². The van der Waals surface area contributed by atoms with Crippen LogP contribution < -0.4 is 5.32 Å². The number of para-hydroxylation sites is 1. The lowest BCUT2D eigenvalue weighted by Crippen LogP contribution is -2.45. The fourth-order valence-electron chi connectivity index (χ4n) is 4.05. The summed E-state index contributed by atoms with van der Waals surface area (Å²) in [5.41, 5.74) is 5.27. The van der Waals surface area contributed by atoms with Crippen LogP contribution in [0.5, 0.6) is 0 Å². The van der Waals surface area contributed by atoms with Crippen molar-refractivity contribution in [1.82, 2.24) is 15.2 Å². The minimum atomic E-state index is 0.302. The van der Waals surface area contributed by atoms with Crippen LogP contribution in [0.3, 0.4) is 0 Å². The van der Waals surface area contributed by atoms with Crippen LogP contribution in [0.2, 0.25) is 5.02 Å². The largest absolute Gasteiger partial charge is 0.362 e.